The minimum absolute atomic E-state index is 0.182. The third-order valence-electron chi connectivity index (χ3n) is 3.38. The predicted molar refractivity (Wildman–Crippen MR) is 72.1 cm³/mol. The third kappa shape index (κ3) is 1.86. The number of carbonyl (C=O) groups is 1. The van der Waals surface area contributed by atoms with E-state index in [4.69, 9.17) is 5.73 Å². The number of anilines is 1. The van der Waals surface area contributed by atoms with Gasteiger partial charge in [0.2, 0.25) is 0 Å². The third-order valence-corrected chi connectivity index (χ3v) is 3.38. The first-order valence-electron chi connectivity index (χ1n) is 6.10. The molecule has 3 N–H and O–H groups in total. The molecule has 0 aliphatic carbocycles. The van der Waals surface area contributed by atoms with Crippen LogP contribution in [0, 0.1) is 0 Å². The maximum atomic E-state index is 12.3. The number of nitrogens with two attached hydrogens (primary N) is 1. The highest BCUT2D eigenvalue weighted by atomic mass is 16.3. The van der Waals surface area contributed by atoms with Crippen LogP contribution in [0.15, 0.2) is 48.5 Å². The normalized spacial score (nSPS) is 17.6. The predicted octanol–water partition coefficient (Wildman–Crippen LogP) is 1.92. The van der Waals surface area contributed by atoms with E-state index >= 15 is 0 Å². The second-order valence-electron chi connectivity index (χ2n) is 4.60. The average molecular weight is 254 g/mol. The second kappa shape index (κ2) is 4.40. The van der Waals surface area contributed by atoms with Crippen molar-refractivity contribution in [3.05, 3.63) is 65.2 Å². The minimum Gasteiger partial charge on any atom is -0.398 e. The smallest absolute Gasteiger partial charge is 0.256 e. The Hall–Kier alpha value is -2.33. The molecule has 0 saturated heterocycles. The van der Waals surface area contributed by atoms with Gasteiger partial charge in [-0.1, -0.05) is 36.4 Å². The maximum absolute atomic E-state index is 12.3. The lowest BCUT2D eigenvalue weighted by atomic mass is 10.1. The van der Waals surface area contributed by atoms with Crippen LogP contribution in [0.25, 0.3) is 0 Å². The van der Waals surface area contributed by atoms with E-state index in [9.17, 15) is 9.90 Å². The fourth-order valence-electron chi connectivity index (χ4n) is 2.42. The van der Waals surface area contributed by atoms with E-state index in [1.165, 1.54) is 4.90 Å². The lowest BCUT2D eigenvalue weighted by Crippen LogP contribution is -2.27. The molecule has 0 fully saturated rings. The topological polar surface area (TPSA) is 66.6 Å². The number of aliphatic hydroxyl groups excluding tert-OH is 1. The van der Waals surface area contributed by atoms with Crippen molar-refractivity contribution in [2.75, 3.05) is 5.73 Å². The Labute approximate surface area is 111 Å². The van der Waals surface area contributed by atoms with Crippen molar-refractivity contribution in [1.29, 1.82) is 0 Å². The number of hydrogen-bond acceptors (Lipinski definition) is 3. The summed E-state index contributed by atoms with van der Waals surface area (Å²) in [5.74, 6) is -0.182. The van der Waals surface area contributed by atoms with Crippen molar-refractivity contribution in [3.8, 4) is 0 Å². The summed E-state index contributed by atoms with van der Waals surface area (Å²) in [4.78, 5) is 13.7. The van der Waals surface area contributed by atoms with E-state index < -0.39 is 6.23 Å². The number of hydrogen-bond donors (Lipinski definition) is 2. The molecule has 1 unspecified atom stereocenters. The lowest BCUT2D eigenvalue weighted by Gasteiger charge is -2.21. The molecule has 1 amide bonds. The first-order chi connectivity index (χ1) is 9.18. The largest absolute Gasteiger partial charge is 0.398 e. The molecule has 4 nitrogen and oxygen atoms in total. The molecular formula is C15H14N2O2. The fraction of sp³-hybridized carbons (Fsp3) is 0.133. The standard InChI is InChI=1S/C15H14N2O2/c16-12-8-4-7-11-13(12)15(19)17(14(11)18)9-10-5-2-1-3-6-10/h1-8,15,19H,9,16H2. The van der Waals surface area contributed by atoms with Crippen LogP contribution in [-0.4, -0.2) is 15.9 Å². The van der Waals surface area contributed by atoms with Crippen molar-refractivity contribution in [2.24, 2.45) is 0 Å². The molecule has 19 heavy (non-hydrogen) atoms. The van der Waals surface area contributed by atoms with Crippen LogP contribution in [0.4, 0.5) is 5.69 Å². The van der Waals surface area contributed by atoms with Gasteiger partial charge in [-0.2, -0.15) is 0 Å². The Morgan fingerprint density at radius 2 is 1.84 bits per heavy atom. The van der Waals surface area contributed by atoms with E-state index in [1.54, 1.807) is 18.2 Å². The van der Waals surface area contributed by atoms with Gasteiger partial charge in [0.25, 0.3) is 5.91 Å². The fourth-order valence-corrected chi connectivity index (χ4v) is 2.42. The summed E-state index contributed by atoms with van der Waals surface area (Å²) >= 11 is 0. The van der Waals surface area contributed by atoms with Crippen LogP contribution in [0.1, 0.15) is 27.7 Å². The Morgan fingerprint density at radius 1 is 1.11 bits per heavy atom. The Balaban J connectivity index is 1.95. The van der Waals surface area contributed by atoms with E-state index in [0.29, 0.717) is 23.4 Å². The molecule has 0 radical (unpaired) electrons. The summed E-state index contributed by atoms with van der Waals surface area (Å²) in [5, 5.41) is 10.3. The van der Waals surface area contributed by atoms with Crippen LogP contribution in [0.3, 0.4) is 0 Å². The van der Waals surface area contributed by atoms with Gasteiger partial charge in [0.05, 0.1) is 0 Å². The highest BCUT2D eigenvalue weighted by Gasteiger charge is 2.36. The average Bonchev–Trinajstić information content (AvgIpc) is 2.66. The molecule has 0 bridgehead atoms. The van der Waals surface area contributed by atoms with Gasteiger partial charge in [-0.3, -0.25) is 4.79 Å². The first kappa shape index (κ1) is 11.7. The molecule has 1 aliphatic heterocycles. The molecule has 1 heterocycles. The van der Waals surface area contributed by atoms with Crippen molar-refractivity contribution in [1.82, 2.24) is 4.90 Å². The summed E-state index contributed by atoms with van der Waals surface area (Å²) in [5.41, 5.74) is 8.27. The molecule has 2 aromatic rings. The van der Waals surface area contributed by atoms with E-state index in [1.807, 2.05) is 30.3 Å². The Morgan fingerprint density at radius 3 is 2.53 bits per heavy atom. The zero-order chi connectivity index (χ0) is 13.4. The zero-order valence-electron chi connectivity index (χ0n) is 10.3. The van der Waals surface area contributed by atoms with Crippen molar-refractivity contribution in [3.63, 3.8) is 0 Å². The summed E-state index contributed by atoms with van der Waals surface area (Å²) in [6.07, 6.45) is -0.969. The van der Waals surface area contributed by atoms with Crippen molar-refractivity contribution in [2.45, 2.75) is 12.8 Å². The van der Waals surface area contributed by atoms with Crippen LogP contribution < -0.4 is 5.73 Å². The summed E-state index contributed by atoms with van der Waals surface area (Å²) in [7, 11) is 0. The molecule has 2 aromatic carbocycles. The molecule has 1 aliphatic rings. The van der Waals surface area contributed by atoms with E-state index in [-0.39, 0.29) is 5.91 Å². The van der Waals surface area contributed by atoms with Gasteiger partial charge in [-0.05, 0) is 17.7 Å². The quantitative estimate of drug-likeness (QED) is 0.804. The van der Waals surface area contributed by atoms with Gasteiger partial charge in [-0.15, -0.1) is 0 Å². The minimum atomic E-state index is -0.969. The number of benzene rings is 2. The summed E-state index contributed by atoms with van der Waals surface area (Å²) in [6.45, 7) is 0.370. The van der Waals surface area contributed by atoms with Crippen molar-refractivity contribution < 1.29 is 9.90 Å². The number of rotatable bonds is 2. The molecule has 0 saturated carbocycles. The molecule has 96 valence electrons. The van der Waals surface area contributed by atoms with Crippen LogP contribution in [-0.2, 0) is 6.54 Å². The number of amides is 1. The summed E-state index contributed by atoms with van der Waals surface area (Å²) in [6, 6.07) is 14.7. The molecule has 3 rings (SSSR count). The molecule has 4 heteroatoms. The SMILES string of the molecule is Nc1cccc2c1C(O)N(Cc1ccccc1)C2=O. The highest BCUT2D eigenvalue weighted by Crippen LogP contribution is 2.36. The summed E-state index contributed by atoms with van der Waals surface area (Å²) < 4.78 is 0. The molecule has 1 atom stereocenters. The highest BCUT2D eigenvalue weighted by molar-refractivity contribution is 6.00. The van der Waals surface area contributed by atoms with Crippen LogP contribution in [0.2, 0.25) is 0 Å². The molecular weight excluding hydrogens is 240 g/mol. The van der Waals surface area contributed by atoms with Gasteiger partial charge in [-0.25, -0.2) is 0 Å². The number of carbonyl (C=O) groups excluding carboxylic acids is 1. The van der Waals surface area contributed by atoms with Gasteiger partial charge in [0.1, 0.15) is 0 Å². The Kier molecular flexibility index (Phi) is 2.72. The molecule has 0 aromatic heterocycles. The van der Waals surface area contributed by atoms with Gasteiger partial charge < -0.3 is 15.7 Å². The van der Waals surface area contributed by atoms with Gasteiger partial charge in [0, 0.05) is 23.4 Å². The maximum Gasteiger partial charge on any atom is 0.256 e. The van der Waals surface area contributed by atoms with Gasteiger partial charge in [0.15, 0.2) is 6.23 Å². The van der Waals surface area contributed by atoms with Gasteiger partial charge >= 0.3 is 0 Å². The number of aliphatic hydroxyl groups is 1. The van der Waals surface area contributed by atoms with E-state index in [2.05, 4.69) is 0 Å². The zero-order valence-corrected chi connectivity index (χ0v) is 10.3. The monoisotopic (exact) mass is 254 g/mol. The van der Waals surface area contributed by atoms with Crippen LogP contribution in [0.5, 0.6) is 0 Å². The molecule has 0 spiro atoms. The van der Waals surface area contributed by atoms with Crippen LogP contribution >= 0.6 is 0 Å². The number of nitrogen functional groups attached to an aromatic ring is 1. The van der Waals surface area contributed by atoms with E-state index in [0.717, 1.165) is 5.56 Å². The number of nitrogens with zero attached hydrogens (tertiary/aromatic N) is 1. The lowest BCUT2D eigenvalue weighted by molar-refractivity contribution is 0.0140. The number of fused-ring (bicyclic) bond motifs is 1. The second-order valence-corrected chi connectivity index (χ2v) is 4.60. The first-order valence-corrected chi connectivity index (χ1v) is 6.10. The Bertz CT molecular complexity index is 625. The van der Waals surface area contributed by atoms with Crippen molar-refractivity contribution >= 4 is 11.6 Å².